The van der Waals surface area contributed by atoms with E-state index < -0.39 is 5.92 Å². The number of amides is 1. The van der Waals surface area contributed by atoms with Crippen LogP contribution in [0, 0.1) is 43.9 Å². The van der Waals surface area contributed by atoms with Crippen molar-refractivity contribution in [2.75, 3.05) is 11.9 Å². The van der Waals surface area contributed by atoms with Crippen molar-refractivity contribution in [3.05, 3.63) is 28.8 Å². The highest BCUT2D eigenvalue weighted by Gasteiger charge is 2.26. The van der Waals surface area contributed by atoms with E-state index in [0.29, 0.717) is 0 Å². The highest BCUT2D eigenvalue weighted by Crippen LogP contribution is 2.26. The van der Waals surface area contributed by atoms with Gasteiger partial charge >= 0.3 is 0 Å². The molecule has 1 unspecified atom stereocenters. The summed E-state index contributed by atoms with van der Waals surface area (Å²) in [6.45, 7) is 9.91. The molecule has 0 radical (unpaired) electrons. The van der Waals surface area contributed by atoms with E-state index in [4.69, 9.17) is 5.26 Å². The van der Waals surface area contributed by atoms with E-state index in [1.165, 1.54) is 11.1 Å². The normalized spacial score (nSPS) is 12.1. The third-order valence-corrected chi connectivity index (χ3v) is 3.79. The first kappa shape index (κ1) is 15.2. The van der Waals surface area contributed by atoms with Crippen molar-refractivity contribution in [2.45, 2.75) is 34.6 Å². The van der Waals surface area contributed by atoms with E-state index in [1.54, 1.807) is 11.9 Å². The molecule has 0 aliphatic carbocycles. The van der Waals surface area contributed by atoms with E-state index in [1.807, 2.05) is 32.9 Å². The second-order valence-electron chi connectivity index (χ2n) is 5.40. The number of rotatable bonds is 3. The van der Waals surface area contributed by atoms with Gasteiger partial charge in [-0.15, -0.1) is 0 Å². The molecule has 3 nitrogen and oxygen atoms in total. The molecule has 0 aliphatic rings. The summed E-state index contributed by atoms with van der Waals surface area (Å²) >= 11 is 0. The van der Waals surface area contributed by atoms with Crippen molar-refractivity contribution in [2.24, 2.45) is 11.8 Å². The minimum Gasteiger partial charge on any atom is -0.314 e. The molecular weight excluding hydrogens is 236 g/mol. The van der Waals surface area contributed by atoms with Crippen LogP contribution in [0.3, 0.4) is 0 Å². The summed E-state index contributed by atoms with van der Waals surface area (Å²) in [6.07, 6.45) is 0. The second kappa shape index (κ2) is 5.88. The predicted molar refractivity (Wildman–Crippen MR) is 78.0 cm³/mol. The van der Waals surface area contributed by atoms with E-state index >= 15 is 0 Å². The number of hydrogen-bond acceptors (Lipinski definition) is 2. The summed E-state index contributed by atoms with van der Waals surface area (Å²) in [6, 6.07) is 6.07. The first-order valence-corrected chi connectivity index (χ1v) is 6.55. The summed E-state index contributed by atoms with van der Waals surface area (Å²) in [5.41, 5.74) is 4.38. The fourth-order valence-corrected chi connectivity index (χ4v) is 2.12. The zero-order valence-corrected chi connectivity index (χ0v) is 12.6. The highest BCUT2D eigenvalue weighted by molar-refractivity contribution is 5.97. The molecule has 0 aromatic heterocycles. The molecule has 0 saturated carbocycles. The van der Waals surface area contributed by atoms with Gasteiger partial charge in [0.25, 0.3) is 0 Å². The Kier molecular flexibility index (Phi) is 4.72. The number of hydrogen-bond donors (Lipinski definition) is 0. The molecule has 102 valence electrons. The van der Waals surface area contributed by atoms with Gasteiger partial charge in [0, 0.05) is 12.7 Å². The zero-order valence-electron chi connectivity index (χ0n) is 12.6. The predicted octanol–water partition coefficient (Wildman–Crippen LogP) is 3.37. The fraction of sp³-hybridized carbons (Fsp3) is 0.500. The van der Waals surface area contributed by atoms with Gasteiger partial charge in [0.05, 0.1) is 6.07 Å². The van der Waals surface area contributed by atoms with Crippen molar-refractivity contribution >= 4 is 11.6 Å². The molecule has 1 rings (SSSR count). The monoisotopic (exact) mass is 258 g/mol. The first-order chi connectivity index (χ1) is 8.81. The van der Waals surface area contributed by atoms with Crippen molar-refractivity contribution in [3.8, 4) is 6.07 Å². The minimum atomic E-state index is -0.592. The van der Waals surface area contributed by atoms with Gasteiger partial charge in [0.15, 0.2) is 0 Å². The molecule has 0 N–H and O–H groups in total. The average Bonchev–Trinajstić information content (AvgIpc) is 2.35. The molecule has 0 bridgehead atoms. The number of nitriles is 1. The number of aryl methyl sites for hydroxylation is 1. The van der Waals surface area contributed by atoms with E-state index in [9.17, 15) is 4.79 Å². The van der Waals surface area contributed by atoms with E-state index in [-0.39, 0.29) is 11.8 Å². The van der Waals surface area contributed by atoms with Crippen molar-refractivity contribution in [3.63, 3.8) is 0 Å². The summed E-state index contributed by atoms with van der Waals surface area (Å²) in [5, 5.41) is 9.13. The van der Waals surface area contributed by atoms with Crippen LogP contribution in [-0.4, -0.2) is 13.0 Å². The van der Waals surface area contributed by atoms with Gasteiger partial charge in [-0.3, -0.25) is 4.79 Å². The lowest BCUT2D eigenvalue weighted by Gasteiger charge is -2.24. The fourth-order valence-electron chi connectivity index (χ4n) is 2.12. The van der Waals surface area contributed by atoms with Crippen LogP contribution in [0.5, 0.6) is 0 Å². The molecular formula is C16H22N2O. The number of nitrogens with zero attached hydrogens (tertiary/aromatic N) is 2. The maximum Gasteiger partial charge on any atom is 0.244 e. The molecule has 0 heterocycles. The Balaban J connectivity index is 3.15. The van der Waals surface area contributed by atoms with Gasteiger partial charge in [0.1, 0.15) is 5.92 Å². The Morgan fingerprint density at radius 1 is 1.21 bits per heavy atom. The molecule has 1 amide bonds. The van der Waals surface area contributed by atoms with Crippen LogP contribution in [0.2, 0.25) is 0 Å². The number of carbonyl (C=O) groups is 1. The zero-order chi connectivity index (χ0) is 14.7. The van der Waals surface area contributed by atoms with Crippen molar-refractivity contribution in [1.82, 2.24) is 0 Å². The first-order valence-electron chi connectivity index (χ1n) is 6.55. The Labute approximate surface area is 115 Å². The summed E-state index contributed by atoms with van der Waals surface area (Å²) in [4.78, 5) is 14.0. The Morgan fingerprint density at radius 3 is 2.26 bits per heavy atom. The lowest BCUT2D eigenvalue weighted by molar-refractivity contribution is -0.121. The van der Waals surface area contributed by atoms with Crippen LogP contribution in [-0.2, 0) is 4.79 Å². The quantitative estimate of drug-likeness (QED) is 0.834. The molecule has 1 aromatic rings. The van der Waals surface area contributed by atoms with Gasteiger partial charge in [-0.05, 0) is 49.4 Å². The average molecular weight is 258 g/mol. The molecule has 1 aromatic carbocycles. The van der Waals surface area contributed by atoms with Crippen LogP contribution < -0.4 is 4.90 Å². The van der Waals surface area contributed by atoms with Gasteiger partial charge in [-0.2, -0.15) is 5.26 Å². The van der Waals surface area contributed by atoms with Crippen LogP contribution in [0.1, 0.15) is 30.5 Å². The number of anilines is 1. The van der Waals surface area contributed by atoms with Crippen molar-refractivity contribution in [1.29, 1.82) is 5.26 Å². The standard InChI is InChI=1S/C16H22N2O/c1-10(2)14(9-17)16(19)18(6)15-8-7-11(3)12(4)13(15)5/h7-8,10,14H,1-6H3. The lowest BCUT2D eigenvalue weighted by atomic mass is 9.95. The SMILES string of the molecule is Cc1ccc(N(C)C(=O)C(C#N)C(C)C)c(C)c1C. The highest BCUT2D eigenvalue weighted by atomic mass is 16.2. The Bertz CT molecular complexity index is 526. The third-order valence-electron chi connectivity index (χ3n) is 3.79. The lowest BCUT2D eigenvalue weighted by Crippen LogP contribution is -2.35. The van der Waals surface area contributed by atoms with Gasteiger partial charge in [-0.25, -0.2) is 0 Å². The molecule has 0 spiro atoms. The molecule has 19 heavy (non-hydrogen) atoms. The summed E-state index contributed by atoms with van der Waals surface area (Å²) < 4.78 is 0. The molecule has 1 atom stereocenters. The molecule has 0 aliphatic heterocycles. The van der Waals surface area contributed by atoms with Crippen LogP contribution in [0.15, 0.2) is 12.1 Å². The van der Waals surface area contributed by atoms with Crippen LogP contribution in [0.4, 0.5) is 5.69 Å². The second-order valence-corrected chi connectivity index (χ2v) is 5.40. The summed E-state index contributed by atoms with van der Waals surface area (Å²) in [5.74, 6) is -0.707. The smallest absolute Gasteiger partial charge is 0.244 e. The van der Waals surface area contributed by atoms with Crippen LogP contribution in [0.25, 0.3) is 0 Å². The Hall–Kier alpha value is -1.82. The topological polar surface area (TPSA) is 44.1 Å². The van der Waals surface area contributed by atoms with Gasteiger partial charge < -0.3 is 4.90 Å². The number of benzene rings is 1. The largest absolute Gasteiger partial charge is 0.314 e. The maximum atomic E-state index is 12.4. The van der Waals surface area contributed by atoms with E-state index in [2.05, 4.69) is 19.9 Å². The van der Waals surface area contributed by atoms with Crippen molar-refractivity contribution < 1.29 is 4.79 Å². The number of carbonyl (C=O) groups excluding carboxylic acids is 1. The maximum absolute atomic E-state index is 12.4. The summed E-state index contributed by atoms with van der Waals surface area (Å²) in [7, 11) is 1.74. The third kappa shape index (κ3) is 2.96. The van der Waals surface area contributed by atoms with Gasteiger partial charge in [0.2, 0.25) is 5.91 Å². The molecule has 0 fully saturated rings. The Morgan fingerprint density at radius 2 is 1.79 bits per heavy atom. The minimum absolute atomic E-state index is 0.0202. The van der Waals surface area contributed by atoms with E-state index in [0.717, 1.165) is 11.3 Å². The molecule has 3 heteroatoms. The molecule has 0 saturated heterocycles. The van der Waals surface area contributed by atoms with Crippen LogP contribution >= 0.6 is 0 Å². The van der Waals surface area contributed by atoms with Gasteiger partial charge in [-0.1, -0.05) is 19.9 Å².